The molecule has 0 aliphatic carbocycles. The first-order chi connectivity index (χ1) is 9.15. The molecule has 19 heavy (non-hydrogen) atoms. The van der Waals surface area contributed by atoms with Gasteiger partial charge < -0.3 is 0 Å². The number of benzene rings is 1. The van der Waals surface area contributed by atoms with Crippen molar-refractivity contribution in [3.05, 3.63) is 33.8 Å². The fourth-order valence-corrected chi connectivity index (χ4v) is 3.07. The topological polar surface area (TPSA) is 0 Å². The molecule has 0 amide bonds. The molecule has 0 aliphatic rings. The molecule has 0 fully saturated rings. The van der Waals surface area contributed by atoms with E-state index in [9.17, 15) is 0 Å². The van der Waals surface area contributed by atoms with Crippen molar-refractivity contribution in [2.75, 3.05) is 0 Å². The second kappa shape index (κ2) is 10.1. The Hall–Kier alpha value is 0.280. The minimum Gasteiger partial charge on any atom is -0.0839 e. The molecule has 1 unspecified atom stereocenters. The van der Waals surface area contributed by atoms with E-state index < -0.39 is 0 Å². The summed E-state index contributed by atoms with van der Waals surface area (Å²) in [6.45, 7) is 2.26. The van der Waals surface area contributed by atoms with Gasteiger partial charge in [0.1, 0.15) is 0 Å². The van der Waals surface area contributed by atoms with Crippen molar-refractivity contribution in [2.24, 2.45) is 0 Å². The SMILES string of the molecule is CCCCCCCCCC(Br)c1ccc(Cl)c(Cl)c1. The maximum absolute atomic E-state index is 6.04. The summed E-state index contributed by atoms with van der Waals surface area (Å²) >= 11 is 15.7. The summed E-state index contributed by atoms with van der Waals surface area (Å²) in [6.07, 6.45) is 10.6. The molecule has 1 atom stereocenters. The Kier molecular flexibility index (Phi) is 9.19. The molecule has 0 saturated carbocycles. The summed E-state index contributed by atoms with van der Waals surface area (Å²) in [5, 5.41) is 1.27. The van der Waals surface area contributed by atoms with E-state index in [0.717, 1.165) is 6.42 Å². The maximum atomic E-state index is 6.04. The van der Waals surface area contributed by atoms with Gasteiger partial charge in [-0.1, -0.05) is 97.1 Å². The average Bonchev–Trinajstić information content (AvgIpc) is 2.40. The fraction of sp³-hybridized carbons (Fsp3) is 0.625. The lowest BCUT2D eigenvalue weighted by molar-refractivity contribution is 0.574. The predicted octanol–water partition coefficient (Wildman–Crippen LogP) is 7.57. The highest BCUT2D eigenvalue weighted by Gasteiger charge is 2.09. The van der Waals surface area contributed by atoms with Crippen molar-refractivity contribution in [1.82, 2.24) is 0 Å². The lowest BCUT2D eigenvalue weighted by Crippen LogP contribution is -1.91. The van der Waals surface area contributed by atoms with Crippen LogP contribution in [0.1, 0.15) is 68.7 Å². The van der Waals surface area contributed by atoms with Gasteiger partial charge in [0.15, 0.2) is 0 Å². The molecule has 108 valence electrons. The van der Waals surface area contributed by atoms with Crippen LogP contribution >= 0.6 is 39.1 Å². The Labute approximate surface area is 136 Å². The lowest BCUT2D eigenvalue weighted by atomic mass is 10.0. The lowest BCUT2D eigenvalue weighted by Gasteiger charge is -2.11. The van der Waals surface area contributed by atoms with Gasteiger partial charge in [0, 0.05) is 4.83 Å². The van der Waals surface area contributed by atoms with Gasteiger partial charge in [-0.25, -0.2) is 0 Å². The largest absolute Gasteiger partial charge is 0.0839 e. The minimum atomic E-state index is 0.387. The van der Waals surface area contributed by atoms with Crippen LogP contribution in [-0.2, 0) is 0 Å². The third-order valence-corrected chi connectivity index (χ3v) is 5.09. The quantitative estimate of drug-likeness (QED) is 0.312. The van der Waals surface area contributed by atoms with Crippen LogP contribution in [0.3, 0.4) is 0 Å². The Bertz CT molecular complexity index is 366. The Morgan fingerprint density at radius 2 is 1.58 bits per heavy atom. The third-order valence-electron chi connectivity index (χ3n) is 3.37. The normalized spacial score (nSPS) is 12.6. The minimum absolute atomic E-state index is 0.387. The van der Waals surface area contributed by atoms with Gasteiger partial charge in [0.25, 0.3) is 0 Å². The van der Waals surface area contributed by atoms with E-state index in [2.05, 4.69) is 28.9 Å². The van der Waals surface area contributed by atoms with Gasteiger partial charge in [-0.05, 0) is 24.1 Å². The van der Waals surface area contributed by atoms with E-state index in [1.54, 1.807) is 0 Å². The highest BCUT2D eigenvalue weighted by atomic mass is 79.9. The second-order valence-electron chi connectivity index (χ2n) is 5.05. The van der Waals surface area contributed by atoms with Crippen molar-refractivity contribution in [1.29, 1.82) is 0 Å². The van der Waals surface area contributed by atoms with E-state index >= 15 is 0 Å². The molecular weight excluding hydrogens is 343 g/mol. The van der Waals surface area contributed by atoms with E-state index in [-0.39, 0.29) is 0 Å². The first-order valence-corrected chi connectivity index (χ1v) is 8.91. The van der Waals surface area contributed by atoms with Crippen molar-refractivity contribution in [3.8, 4) is 0 Å². The summed E-state index contributed by atoms with van der Waals surface area (Å²) in [5.41, 5.74) is 1.22. The molecule has 0 aliphatic heterocycles. The van der Waals surface area contributed by atoms with Crippen molar-refractivity contribution in [2.45, 2.75) is 63.1 Å². The summed E-state index contributed by atoms with van der Waals surface area (Å²) < 4.78 is 0. The summed E-state index contributed by atoms with van der Waals surface area (Å²) in [7, 11) is 0. The zero-order valence-electron chi connectivity index (χ0n) is 11.6. The van der Waals surface area contributed by atoms with Crippen LogP contribution in [0.15, 0.2) is 18.2 Å². The second-order valence-corrected chi connectivity index (χ2v) is 6.97. The van der Waals surface area contributed by atoms with Crippen LogP contribution in [0.25, 0.3) is 0 Å². The van der Waals surface area contributed by atoms with Crippen molar-refractivity contribution < 1.29 is 0 Å². The van der Waals surface area contributed by atoms with Crippen molar-refractivity contribution in [3.63, 3.8) is 0 Å². The number of hydrogen-bond donors (Lipinski definition) is 0. The van der Waals surface area contributed by atoms with Gasteiger partial charge in [-0.2, -0.15) is 0 Å². The molecule has 0 bridgehead atoms. The van der Waals surface area contributed by atoms with Gasteiger partial charge in [0.2, 0.25) is 0 Å². The van der Waals surface area contributed by atoms with E-state index in [1.165, 1.54) is 50.5 Å². The van der Waals surface area contributed by atoms with E-state index in [1.807, 2.05) is 12.1 Å². The summed E-state index contributed by atoms with van der Waals surface area (Å²) in [6, 6.07) is 5.89. The van der Waals surface area contributed by atoms with Crippen LogP contribution in [0.2, 0.25) is 10.0 Å². The zero-order valence-corrected chi connectivity index (χ0v) is 14.7. The molecule has 3 heteroatoms. The molecule has 1 aromatic rings. The Balaban J connectivity index is 2.20. The predicted molar refractivity (Wildman–Crippen MR) is 90.7 cm³/mol. The molecule has 0 spiro atoms. The van der Waals surface area contributed by atoms with Gasteiger partial charge in [-0.15, -0.1) is 0 Å². The number of halogens is 3. The molecule has 1 aromatic carbocycles. The van der Waals surface area contributed by atoms with E-state index in [0.29, 0.717) is 14.9 Å². The third kappa shape index (κ3) is 7.02. The monoisotopic (exact) mass is 364 g/mol. The highest BCUT2D eigenvalue weighted by Crippen LogP contribution is 2.32. The molecule has 0 aromatic heterocycles. The van der Waals surface area contributed by atoms with E-state index in [4.69, 9.17) is 23.2 Å². The maximum Gasteiger partial charge on any atom is 0.0595 e. The highest BCUT2D eigenvalue weighted by molar-refractivity contribution is 9.09. The van der Waals surface area contributed by atoms with Crippen LogP contribution in [-0.4, -0.2) is 0 Å². The van der Waals surface area contributed by atoms with Crippen molar-refractivity contribution >= 4 is 39.1 Å². The molecule has 0 saturated heterocycles. The van der Waals surface area contributed by atoms with Crippen LogP contribution < -0.4 is 0 Å². The molecular formula is C16H23BrCl2. The number of alkyl halides is 1. The summed E-state index contributed by atoms with van der Waals surface area (Å²) in [4.78, 5) is 0.387. The van der Waals surface area contributed by atoms with Crippen LogP contribution in [0.5, 0.6) is 0 Å². The Morgan fingerprint density at radius 1 is 0.947 bits per heavy atom. The average molecular weight is 366 g/mol. The molecule has 0 heterocycles. The standard InChI is InChI=1S/C16H23BrCl2/c1-2-3-4-5-6-7-8-9-14(17)13-10-11-15(18)16(19)12-13/h10-12,14H,2-9H2,1H3. The van der Waals surface area contributed by atoms with Gasteiger partial charge in [0.05, 0.1) is 10.0 Å². The molecule has 1 rings (SSSR count). The number of rotatable bonds is 9. The van der Waals surface area contributed by atoms with Gasteiger partial charge >= 0.3 is 0 Å². The van der Waals surface area contributed by atoms with Gasteiger partial charge in [-0.3, -0.25) is 0 Å². The first-order valence-electron chi connectivity index (χ1n) is 7.24. The number of hydrogen-bond acceptors (Lipinski definition) is 0. The Morgan fingerprint density at radius 3 is 2.21 bits per heavy atom. The molecule has 0 N–H and O–H groups in total. The zero-order chi connectivity index (χ0) is 14.1. The smallest absolute Gasteiger partial charge is 0.0595 e. The molecule has 0 nitrogen and oxygen atoms in total. The first kappa shape index (κ1) is 17.3. The fourth-order valence-electron chi connectivity index (χ4n) is 2.15. The number of unbranched alkanes of at least 4 members (excludes halogenated alkanes) is 6. The van der Waals surface area contributed by atoms with Crippen LogP contribution in [0, 0.1) is 0 Å². The summed E-state index contributed by atoms with van der Waals surface area (Å²) in [5.74, 6) is 0. The molecule has 0 radical (unpaired) electrons. The van der Waals surface area contributed by atoms with Crippen LogP contribution in [0.4, 0.5) is 0 Å².